The van der Waals surface area contributed by atoms with Gasteiger partial charge in [-0.05, 0) is 37.3 Å². The summed E-state index contributed by atoms with van der Waals surface area (Å²) in [5, 5.41) is 10.1. The molecule has 0 amide bonds. The van der Waals surface area contributed by atoms with E-state index in [9.17, 15) is 5.11 Å². The lowest BCUT2D eigenvalue weighted by Crippen LogP contribution is -1.98. The van der Waals surface area contributed by atoms with E-state index >= 15 is 0 Å². The van der Waals surface area contributed by atoms with Crippen LogP contribution in [0.2, 0.25) is 0 Å². The summed E-state index contributed by atoms with van der Waals surface area (Å²) in [5.41, 5.74) is 2.67. The van der Waals surface area contributed by atoms with Gasteiger partial charge < -0.3 is 14.4 Å². The molecule has 0 radical (unpaired) electrons. The van der Waals surface area contributed by atoms with Gasteiger partial charge in [0.15, 0.2) is 0 Å². The van der Waals surface area contributed by atoms with Gasteiger partial charge in [0.1, 0.15) is 17.3 Å². The van der Waals surface area contributed by atoms with Gasteiger partial charge in [-0.3, -0.25) is 0 Å². The summed E-state index contributed by atoms with van der Waals surface area (Å²) in [6.07, 6.45) is 0. The van der Waals surface area contributed by atoms with Crippen LogP contribution in [0.3, 0.4) is 0 Å². The third-order valence-electron chi connectivity index (χ3n) is 3.42. The molecule has 1 heterocycles. The summed E-state index contributed by atoms with van der Waals surface area (Å²) in [5.74, 6) is 1.66. The number of aryl methyl sites for hydroxylation is 1. The van der Waals surface area contributed by atoms with Gasteiger partial charge in [-0.1, -0.05) is 12.1 Å². The zero-order valence-electron chi connectivity index (χ0n) is 11.5. The van der Waals surface area contributed by atoms with Gasteiger partial charge in [-0.15, -0.1) is 0 Å². The van der Waals surface area contributed by atoms with Crippen molar-refractivity contribution in [2.24, 2.45) is 0 Å². The summed E-state index contributed by atoms with van der Waals surface area (Å²) >= 11 is 0. The van der Waals surface area contributed by atoms with Crippen molar-refractivity contribution >= 4 is 11.0 Å². The number of fused-ring (bicyclic) bond motifs is 1. The van der Waals surface area contributed by atoms with Crippen molar-refractivity contribution in [3.63, 3.8) is 0 Å². The highest BCUT2D eigenvalue weighted by atomic mass is 16.5. The molecule has 0 fully saturated rings. The summed E-state index contributed by atoms with van der Waals surface area (Å²) in [6, 6.07) is 13.1. The Morgan fingerprint density at radius 3 is 2.75 bits per heavy atom. The summed E-state index contributed by atoms with van der Waals surface area (Å²) in [7, 11) is 1.61. The van der Waals surface area contributed by atoms with E-state index < -0.39 is 0 Å². The van der Waals surface area contributed by atoms with Crippen LogP contribution in [-0.2, 0) is 6.54 Å². The third kappa shape index (κ3) is 1.90. The van der Waals surface area contributed by atoms with Crippen molar-refractivity contribution in [3.05, 3.63) is 42.5 Å². The number of para-hydroxylation sites is 2. The first-order valence-corrected chi connectivity index (χ1v) is 6.57. The molecule has 1 aromatic heterocycles. The molecule has 0 saturated heterocycles. The van der Waals surface area contributed by atoms with Gasteiger partial charge in [0, 0.05) is 6.54 Å². The number of hydrogen-bond acceptors (Lipinski definition) is 3. The van der Waals surface area contributed by atoms with Gasteiger partial charge in [-0.2, -0.15) is 0 Å². The molecule has 0 saturated carbocycles. The highest BCUT2D eigenvalue weighted by Gasteiger charge is 2.15. The van der Waals surface area contributed by atoms with E-state index in [1.807, 2.05) is 30.3 Å². The standard InChI is InChI=1S/C16H16N2O2/c1-3-18-14-7-5-4-6-13(14)17-16(18)12-10-11(20-2)8-9-15(12)19/h4-10,19H,3H2,1-2H3. The number of nitrogens with zero attached hydrogens (tertiary/aromatic N) is 2. The molecular weight excluding hydrogens is 252 g/mol. The predicted molar refractivity (Wildman–Crippen MR) is 79.1 cm³/mol. The first kappa shape index (κ1) is 12.5. The molecule has 2 aromatic carbocycles. The highest BCUT2D eigenvalue weighted by Crippen LogP contribution is 2.33. The molecule has 0 bridgehead atoms. The Bertz CT molecular complexity index is 762. The topological polar surface area (TPSA) is 47.3 Å². The minimum Gasteiger partial charge on any atom is -0.507 e. The first-order valence-electron chi connectivity index (χ1n) is 6.57. The molecule has 4 nitrogen and oxygen atoms in total. The molecule has 0 spiro atoms. The molecule has 0 aliphatic carbocycles. The van der Waals surface area contributed by atoms with Gasteiger partial charge in [0.25, 0.3) is 0 Å². The number of hydrogen-bond donors (Lipinski definition) is 1. The lowest BCUT2D eigenvalue weighted by molar-refractivity contribution is 0.412. The highest BCUT2D eigenvalue weighted by molar-refractivity contribution is 5.82. The second kappa shape index (κ2) is 4.89. The van der Waals surface area contributed by atoms with Crippen LogP contribution >= 0.6 is 0 Å². The number of imidazole rings is 1. The van der Waals surface area contributed by atoms with E-state index in [0.29, 0.717) is 11.3 Å². The van der Waals surface area contributed by atoms with E-state index in [4.69, 9.17) is 4.74 Å². The third-order valence-corrected chi connectivity index (χ3v) is 3.42. The van der Waals surface area contributed by atoms with E-state index in [2.05, 4.69) is 16.5 Å². The summed E-state index contributed by atoms with van der Waals surface area (Å²) in [6.45, 7) is 2.85. The van der Waals surface area contributed by atoms with Crippen LogP contribution in [0.25, 0.3) is 22.4 Å². The summed E-state index contributed by atoms with van der Waals surface area (Å²) < 4.78 is 7.32. The number of aromatic nitrogens is 2. The maximum Gasteiger partial charge on any atom is 0.145 e. The number of ether oxygens (including phenoxy) is 1. The first-order chi connectivity index (χ1) is 9.74. The van der Waals surface area contributed by atoms with Crippen molar-refractivity contribution in [2.75, 3.05) is 7.11 Å². The molecule has 1 N–H and O–H groups in total. The molecule has 102 valence electrons. The fourth-order valence-corrected chi connectivity index (χ4v) is 2.42. The molecule has 0 unspecified atom stereocenters. The van der Waals surface area contributed by atoms with Gasteiger partial charge in [0.2, 0.25) is 0 Å². The Morgan fingerprint density at radius 2 is 2.00 bits per heavy atom. The number of rotatable bonds is 3. The average Bonchev–Trinajstić information content (AvgIpc) is 2.86. The maximum atomic E-state index is 10.1. The van der Waals surface area contributed by atoms with Crippen LogP contribution < -0.4 is 4.74 Å². The molecule has 20 heavy (non-hydrogen) atoms. The predicted octanol–water partition coefficient (Wildman–Crippen LogP) is 3.44. The van der Waals surface area contributed by atoms with E-state index in [1.54, 1.807) is 19.2 Å². The smallest absolute Gasteiger partial charge is 0.145 e. The van der Waals surface area contributed by atoms with Crippen molar-refractivity contribution in [1.29, 1.82) is 0 Å². The Hall–Kier alpha value is -2.49. The SMILES string of the molecule is CCn1c(-c2cc(OC)ccc2O)nc2ccccc21. The largest absolute Gasteiger partial charge is 0.507 e. The molecule has 0 atom stereocenters. The van der Waals surface area contributed by atoms with Crippen LogP contribution in [-0.4, -0.2) is 21.8 Å². The van der Waals surface area contributed by atoms with Crippen molar-refractivity contribution in [1.82, 2.24) is 9.55 Å². The maximum absolute atomic E-state index is 10.1. The monoisotopic (exact) mass is 268 g/mol. The van der Waals surface area contributed by atoms with E-state index in [1.165, 1.54) is 0 Å². The van der Waals surface area contributed by atoms with Gasteiger partial charge in [-0.25, -0.2) is 4.98 Å². The molecule has 0 aliphatic rings. The Labute approximate surface area is 117 Å². The summed E-state index contributed by atoms with van der Waals surface area (Å²) in [4.78, 5) is 4.64. The van der Waals surface area contributed by atoms with Crippen LogP contribution in [0.15, 0.2) is 42.5 Å². The van der Waals surface area contributed by atoms with Crippen molar-refractivity contribution in [3.8, 4) is 22.9 Å². The number of benzene rings is 2. The lowest BCUT2D eigenvalue weighted by Gasteiger charge is -2.09. The van der Waals surface area contributed by atoms with Crippen LogP contribution in [0.1, 0.15) is 6.92 Å². The second-order valence-corrected chi connectivity index (χ2v) is 4.55. The van der Waals surface area contributed by atoms with Crippen LogP contribution in [0, 0.1) is 0 Å². The Kier molecular flexibility index (Phi) is 3.06. The Balaban J connectivity index is 2.28. The molecule has 0 aliphatic heterocycles. The lowest BCUT2D eigenvalue weighted by atomic mass is 10.1. The molecule has 3 aromatic rings. The fraction of sp³-hybridized carbons (Fsp3) is 0.188. The zero-order chi connectivity index (χ0) is 14.1. The quantitative estimate of drug-likeness (QED) is 0.791. The van der Waals surface area contributed by atoms with Crippen molar-refractivity contribution < 1.29 is 9.84 Å². The fourth-order valence-electron chi connectivity index (χ4n) is 2.42. The van der Waals surface area contributed by atoms with Gasteiger partial charge >= 0.3 is 0 Å². The molecular formula is C16H16N2O2. The van der Waals surface area contributed by atoms with E-state index in [-0.39, 0.29) is 5.75 Å². The van der Waals surface area contributed by atoms with Crippen molar-refractivity contribution in [2.45, 2.75) is 13.5 Å². The Morgan fingerprint density at radius 1 is 1.20 bits per heavy atom. The van der Waals surface area contributed by atoms with Crippen LogP contribution in [0.4, 0.5) is 0 Å². The van der Waals surface area contributed by atoms with Crippen LogP contribution in [0.5, 0.6) is 11.5 Å². The van der Waals surface area contributed by atoms with E-state index in [0.717, 1.165) is 23.4 Å². The molecule has 3 rings (SSSR count). The normalized spacial score (nSPS) is 10.9. The van der Waals surface area contributed by atoms with Gasteiger partial charge in [0.05, 0.1) is 23.7 Å². The minimum atomic E-state index is 0.204. The number of phenols is 1. The number of aromatic hydroxyl groups is 1. The second-order valence-electron chi connectivity index (χ2n) is 4.55. The number of phenolic OH excluding ortho intramolecular Hbond substituents is 1. The zero-order valence-corrected chi connectivity index (χ0v) is 11.5. The average molecular weight is 268 g/mol. The molecule has 4 heteroatoms. The minimum absolute atomic E-state index is 0.204. The number of methoxy groups -OCH3 is 1.